The number of hydrogen-bond donors (Lipinski definition) is 2. The van der Waals surface area contributed by atoms with Crippen molar-refractivity contribution in [3.63, 3.8) is 0 Å². The molecule has 2 unspecified atom stereocenters. The van der Waals surface area contributed by atoms with E-state index in [1.165, 1.54) is 6.07 Å². The van der Waals surface area contributed by atoms with Gasteiger partial charge in [0.25, 0.3) is 11.1 Å². The molecule has 0 saturated heterocycles. The number of hydrogen-bond acceptors (Lipinski definition) is 7. The van der Waals surface area contributed by atoms with Crippen LogP contribution in [0.25, 0.3) is 88.1 Å². The molecule has 324 valence electrons. The van der Waals surface area contributed by atoms with Gasteiger partial charge in [-0.25, -0.2) is 14.4 Å². The first kappa shape index (κ1) is 42.3. The Morgan fingerprint density at radius 2 is 0.985 bits per heavy atom. The molecule has 8 nitrogen and oxygen atoms in total. The van der Waals surface area contributed by atoms with Crippen molar-refractivity contribution in [2.45, 2.75) is 25.9 Å². The van der Waals surface area contributed by atoms with Crippen molar-refractivity contribution < 1.29 is 4.39 Å². The van der Waals surface area contributed by atoms with Crippen LogP contribution in [0.5, 0.6) is 0 Å². The van der Waals surface area contributed by atoms with Crippen LogP contribution in [0.4, 0.5) is 4.39 Å². The third-order valence-electron chi connectivity index (χ3n) is 12.5. The third-order valence-corrected chi connectivity index (χ3v) is 13.5. The summed E-state index contributed by atoms with van der Waals surface area (Å²) in [4.78, 5) is 38.9. The third kappa shape index (κ3) is 7.64. The van der Waals surface area contributed by atoms with Gasteiger partial charge in [-0.1, -0.05) is 115 Å². The predicted molar refractivity (Wildman–Crippen MR) is 268 cm³/mol. The molecule has 4 N–H and O–H groups in total. The number of halogens is 1. The number of nitrogens with zero attached hydrogens (tertiary/aromatic N) is 4. The van der Waals surface area contributed by atoms with Crippen LogP contribution < -0.4 is 22.6 Å². The summed E-state index contributed by atoms with van der Waals surface area (Å²) in [5.41, 5.74) is 27.3. The van der Waals surface area contributed by atoms with Gasteiger partial charge in [-0.15, -0.1) is 11.3 Å². The lowest BCUT2D eigenvalue weighted by atomic mass is 9.91. The highest BCUT2D eigenvalue weighted by Gasteiger charge is 2.23. The number of thiophene rings is 1. The topological polar surface area (TPSA) is 122 Å². The van der Waals surface area contributed by atoms with Crippen molar-refractivity contribution in [2.24, 2.45) is 25.6 Å². The maximum absolute atomic E-state index is 14.4. The minimum absolute atomic E-state index is 0.107. The van der Waals surface area contributed by atoms with Gasteiger partial charge in [-0.3, -0.25) is 9.59 Å². The zero-order valence-electron chi connectivity index (χ0n) is 36.8. The van der Waals surface area contributed by atoms with Crippen LogP contribution in [-0.4, -0.2) is 19.1 Å². The van der Waals surface area contributed by atoms with Gasteiger partial charge in [-0.2, -0.15) is 0 Å². The van der Waals surface area contributed by atoms with E-state index in [2.05, 4.69) is 18.4 Å². The lowest BCUT2D eigenvalue weighted by Gasteiger charge is -2.22. The average Bonchev–Trinajstić information content (AvgIpc) is 3.79. The number of pyridine rings is 4. The van der Waals surface area contributed by atoms with E-state index in [0.717, 1.165) is 77.3 Å². The molecule has 0 fully saturated rings. The van der Waals surface area contributed by atoms with Crippen molar-refractivity contribution >= 4 is 33.1 Å². The normalized spacial score (nSPS) is 12.5. The molecule has 66 heavy (non-hydrogen) atoms. The lowest BCUT2D eigenvalue weighted by Crippen LogP contribution is -2.26. The van der Waals surface area contributed by atoms with Crippen LogP contribution in [0.1, 0.15) is 34.3 Å². The van der Waals surface area contributed by atoms with Crippen LogP contribution in [0.3, 0.4) is 0 Å². The summed E-state index contributed by atoms with van der Waals surface area (Å²) in [6.07, 6.45) is 3.64. The molecular formula is C56H45FN6O2S. The van der Waals surface area contributed by atoms with Gasteiger partial charge in [-0.05, 0) is 88.5 Å². The Kier molecular flexibility index (Phi) is 10.9. The first-order valence-electron chi connectivity index (χ1n) is 21.7. The molecule has 0 radical (unpaired) electrons. The molecule has 2 atom stereocenters. The molecule has 0 bridgehead atoms. The van der Waals surface area contributed by atoms with Crippen LogP contribution in [0.15, 0.2) is 173 Å². The lowest BCUT2D eigenvalue weighted by molar-refractivity contribution is 0.574. The highest BCUT2D eigenvalue weighted by Crippen LogP contribution is 2.40. The summed E-state index contributed by atoms with van der Waals surface area (Å²) in [6, 6.07) is 45.7. The van der Waals surface area contributed by atoms with E-state index < -0.39 is 12.1 Å². The monoisotopic (exact) mass is 884 g/mol. The summed E-state index contributed by atoms with van der Waals surface area (Å²) in [5.74, 6) is -0.299. The quantitative estimate of drug-likeness (QED) is 0.149. The van der Waals surface area contributed by atoms with Crippen LogP contribution in [0.2, 0.25) is 0 Å². The van der Waals surface area contributed by atoms with Crippen molar-refractivity contribution in [3.8, 4) is 66.3 Å². The second-order valence-corrected chi connectivity index (χ2v) is 17.9. The Morgan fingerprint density at radius 3 is 1.44 bits per heavy atom. The zero-order valence-corrected chi connectivity index (χ0v) is 37.6. The minimum Gasteiger partial charge on any atom is -0.322 e. The molecule has 0 spiro atoms. The molecule has 10 heteroatoms. The highest BCUT2D eigenvalue weighted by molar-refractivity contribution is 7.13. The van der Waals surface area contributed by atoms with Crippen LogP contribution in [0, 0.1) is 19.7 Å². The number of aromatic nitrogens is 4. The van der Waals surface area contributed by atoms with Crippen molar-refractivity contribution in [1.29, 1.82) is 0 Å². The second-order valence-electron chi connectivity index (χ2n) is 17.0. The number of benzene rings is 5. The number of rotatable bonds is 9. The van der Waals surface area contributed by atoms with Crippen LogP contribution in [-0.2, 0) is 14.1 Å². The Hall–Kier alpha value is -7.63. The van der Waals surface area contributed by atoms with E-state index in [0.29, 0.717) is 33.1 Å². The predicted octanol–water partition coefficient (Wildman–Crippen LogP) is 11.7. The van der Waals surface area contributed by atoms with Crippen molar-refractivity contribution in [1.82, 2.24) is 19.1 Å². The first-order valence-corrected chi connectivity index (χ1v) is 22.5. The Morgan fingerprint density at radius 1 is 0.530 bits per heavy atom. The molecule has 10 aromatic rings. The van der Waals surface area contributed by atoms with E-state index in [4.69, 9.17) is 21.4 Å². The molecule has 0 aliphatic rings. The molecule has 0 aliphatic heterocycles. The zero-order chi connectivity index (χ0) is 45.8. The summed E-state index contributed by atoms with van der Waals surface area (Å²) >= 11 is 1.64. The van der Waals surface area contributed by atoms with Gasteiger partial charge in [0.05, 0.1) is 33.2 Å². The standard InChI is InChI=1S/C56H45FN6O2S/c1-32-25-48(66-31-32)46-30-63(4)56(65)44-28-42(35-13-9-6-10-14-35)52(61-54(44)46)39-21-17-37(18-22-39)50(59)49(58)36-15-19-38(20-16-36)51-41(34-11-7-5-8-12-34)27-43-53(60-51)45(29-62(3)55(43)64)40-23-24-47(57)33(2)26-40/h5-31,49-50H,58-59H2,1-4H3. The number of nitrogens with two attached hydrogens (primary N) is 2. The Bertz CT molecular complexity index is 3600. The molecule has 5 heterocycles. The van der Waals surface area contributed by atoms with Crippen molar-refractivity contribution in [3.05, 3.63) is 212 Å². The van der Waals surface area contributed by atoms with Gasteiger partial charge in [0.2, 0.25) is 0 Å². The fourth-order valence-corrected chi connectivity index (χ4v) is 9.71. The van der Waals surface area contributed by atoms with Gasteiger partial charge in [0.15, 0.2) is 0 Å². The number of aryl methyl sites for hydroxylation is 4. The van der Waals surface area contributed by atoms with Crippen molar-refractivity contribution in [2.75, 3.05) is 0 Å². The minimum atomic E-state index is -0.550. The van der Waals surface area contributed by atoms with E-state index in [1.807, 2.05) is 128 Å². The van der Waals surface area contributed by atoms with E-state index in [-0.39, 0.29) is 16.9 Å². The summed E-state index contributed by atoms with van der Waals surface area (Å²) < 4.78 is 17.6. The van der Waals surface area contributed by atoms with E-state index in [9.17, 15) is 14.0 Å². The van der Waals surface area contributed by atoms with Gasteiger partial charge in [0.1, 0.15) is 5.82 Å². The van der Waals surface area contributed by atoms with E-state index in [1.54, 1.807) is 59.8 Å². The smallest absolute Gasteiger partial charge is 0.259 e. The maximum Gasteiger partial charge on any atom is 0.259 e. The molecular weight excluding hydrogens is 840 g/mol. The van der Waals surface area contributed by atoms with E-state index >= 15 is 0 Å². The Balaban J connectivity index is 1.01. The fourth-order valence-electron chi connectivity index (χ4n) is 8.80. The number of fused-ring (bicyclic) bond motifs is 2. The molecule has 10 rings (SSSR count). The van der Waals surface area contributed by atoms with Gasteiger partial charge < -0.3 is 20.6 Å². The summed E-state index contributed by atoms with van der Waals surface area (Å²) in [5, 5.41) is 3.13. The molecule has 5 aromatic heterocycles. The maximum atomic E-state index is 14.4. The molecule has 0 aliphatic carbocycles. The average molecular weight is 885 g/mol. The fraction of sp³-hybridized carbons (Fsp3) is 0.107. The highest BCUT2D eigenvalue weighted by atomic mass is 32.1. The van der Waals surface area contributed by atoms with Crippen LogP contribution >= 0.6 is 11.3 Å². The Labute approximate surface area is 384 Å². The first-order chi connectivity index (χ1) is 31.9. The molecule has 0 saturated carbocycles. The SMILES string of the molecule is Cc1csc(-c2cn(C)c(=O)c3cc(-c4ccccc4)c(-c4ccc(C(N)C(N)c5ccc(-c6nc7c(-c8ccc(F)c(C)c8)cn(C)c(=O)c7cc6-c6ccccc6)cc5)cc4)nc23)c1. The summed E-state index contributed by atoms with van der Waals surface area (Å²) in [6.45, 7) is 3.79. The summed E-state index contributed by atoms with van der Waals surface area (Å²) in [7, 11) is 3.50. The largest absolute Gasteiger partial charge is 0.322 e. The molecule has 5 aromatic carbocycles. The van der Waals surface area contributed by atoms with Gasteiger partial charge in [0, 0.05) is 76.8 Å². The van der Waals surface area contributed by atoms with Gasteiger partial charge >= 0.3 is 0 Å². The molecule has 0 amide bonds. The second kappa shape index (κ2) is 17.1.